The van der Waals surface area contributed by atoms with E-state index in [-0.39, 0.29) is 5.78 Å². The van der Waals surface area contributed by atoms with E-state index in [2.05, 4.69) is 22.1 Å². The molecule has 0 radical (unpaired) electrons. The zero-order chi connectivity index (χ0) is 13.1. The number of rotatable bonds is 4. The van der Waals surface area contributed by atoms with Crippen molar-refractivity contribution in [1.82, 2.24) is 19.7 Å². The van der Waals surface area contributed by atoms with Gasteiger partial charge in [-0.1, -0.05) is 6.92 Å². The van der Waals surface area contributed by atoms with Gasteiger partial charge in [-0.15, -0.1) is 0 Å². The van der Waals surface area contributed by atoms with Crippen LogP contribution in [0.3, 0.4) is 0 Å². The number of carbonyl (C=O) groups is 1. The first-order valence-electron chi connectivity index (χ1n) is 6.00. The summed E-state index contributed by atoms with van der Waals surface area (Å²) in [5, 5.41) is 7.91. The minimum atomic E-state index is -0.0936. The molecule has 2 aromatic heterocycles. The van der Waals surface area contributed by atoms with Crippen LogP contribution in [0.4, 0.5) is 0 Å². The summed E-state index contributed by atoms with van der Waals surface area (Å²) in [5.74, 6) is 0.372. The number of ketones is 1. The van der Waals surface area contributed by atoms with Gasteiger partial charge in [0.2, 0.25) is 5.78 Å². The highest BCUT2D eigenvalue weighted by atomic mass is 16.1. The molecule has 0 amide bonds. The molecule has 2 aromatic rings. The molecule has 0 fully saturated rings. The van der Waals surface area contributed by atoms with Gasteiger partial charge in [-0.05, 0) is 26.3 Å². The molecule has 0 aromatic carbocycles. The molecular weight excluding hydrogens is 228 g/mol. The molecule has 0 bridgehead atoms. The van der Waals surface area contributed by atoms with E-state index in [9.17, 15) is 4.79 Å². The van der Waals surface area contributed by atoms with Gasteiger partial charge >= 0.3 is 0 Å². The van der Waals surface area contributed by atoms with E-state index in [1.807, 2.05) is 17.7 Å². The van der Waals surface area contributed by atoms with Crippen LogP contribution >= 0.6 is 0 Å². The average Bonchev–Trinajstić information content (AvgIpc) is 2.80. The molecule has 18 heavy (non-hydrogen) atoms. The highest BCUT2D eigenvalue weighted by Gasteiger charge is 2.18. The number of hydrogen-bond donors (Lipinski definition) is 0. The van der Waals surface area contributed by atoms with Crippen molar-refractivity contribution in [3.8, 4) is 0 Å². The Morgan fingerprint density at radius 1 is 1.33 bits per heavy atom. The fourth-order valence-electron chi connectivity index (χ4n) is 1.84. The van der Waals surface area contributed by atoms with E-state index in [1.165, 1.54) is 0 Å². The summed E-state index contributed by atoms with van der Waals surface area (Å²) in [5.41, 5.74) is 1.94. The maximum absolute atomic E-state index is 12.4. The zero-order valence-electron chi connectivity index (χ0n) is 10.8. The Kier molecular flexibility index (Phi) is 3.50. The second kappa shape index (κ2) is 5.08. The minimum absolute atomic E-state index is 0.0936. The number of nitrogens with zero attached hydrogens (tertiary/aromatic N) is 4. The molecular formula is C13H16N4O. The summed E-state index contributed by atoms with van der Waals surface area (Å²) in [6.07, 6.45) is 4.44. The minimum Gasteiger partial charge on any atom is -0.328 e. The summed E-state index contributed by atoms with van der Waals surface area (Å²) in [4.78, 5) is 16.6. The molecule has 0 atom stereocenters. The highest BCUT2D eigenvalue weighted by Crippen LogP contribution is 2.12. The first-order chi connectivity index (χ1) is 8.63. The van der Waals surface area contributed by atoms with Crippen LogP contribution in [0.1, 0.15) is 40.9 Å². The van der Waals surface area contributed by atoms with Crippen molar-refractivity contribution in [2.45, 2.75) is 33.7 Å². The van der Waals surface area contributed by atoms with Crippen molar-refractivity contribution in [3.05, 3.63) is 41.2 Å². The van der Waals surface area contributed by atoms with Crippen molar-refractivity contribution in [2.75, 3.05) is 0 Å². The van der Waals surface area contributed by atoms with Gasteiger partial charge in [0.15, 0.2) is 5.82 Å². The van der Waals surface area contributed by atoms with Crippen LogP contribution in [0.25, 0.3) is 0 Å². The first-order valence-corrected chi connectivity index (χ1v) is 6.00. The second-order valence-corrected chi connectivity index (χ2v) is 4.26. The standard InChI is InChI=1S/C13H16N4O/c1-4-6-17-7-5-14-13(17)12(18)11-8-9(2)15-16-10(11)3/h5,7-8H,4,6H2,1-3H3. The third-order valence-corrected chi connectivity index (χ3v) is 2.73. The highest BCUT2D eigenvalue weighted by molar-refractivity contribution is 6.07. The maximum atomic E-state index is 12.4. The molecule has 0 saturated carbocycles. The van der Waals surface area contributed by atoms with Gasteiger partial charge in [0.05, 0.1) is 17.0 Å². The smallest absolute Gasteiger partial charge is 0.230 e. The number of imidazole rings is 1. The number of aryl methyl sites for hydroxylation is 3. The van der Waals surface area contributed by atoms with Crippen LogP contribution in [0.5, 0.6) is 0 Å². The van der Waals surface area contributed by atoms with Crippen LogP contribution in [-0.2, 0) is 6.54 Å². The summed E-state index contributed by atoms with van der Waals surface area (Å²) in [6.45, 7) is 6.46. The van der Waals surface area contributed by atoms with Crippen molar-refractivity contribution in [1.29, 1.82) is 0 Å². The quantitative estimate of drug-likeness (QED) is 0.771. The monoisotopic (exact) mass is 244 g/mol. The van der Waals surface area contributed by atoms with Gasteiger partial charge in [-0.3, -0.25) is 4.79 Å². The van der Waals surface area contributed by atoms with Crippen molar-refractivity contribution >= 4 is 5.78 Å². The third kappa shape index (κ3) is 2.30. The lowest BCUT2D eigenvalue weighted by atomic mass is 10.1. The molecule has 0 aliphatic heterocycles. The van der Waals surface area contributed by atoms with Gasteiger partial charge in [0.1, 0.15) is 0 Å². The summed E-state index contributed by atoms with van der Waals surface area (Å²) in [6, 6.07) is 1.76. The third-order valence-electron chi connectivity index (χ3n) is 2.73. The van der Waals surface area contributed by atoms with Crippen LogP contribution in [-0.4, -0.2) is 25.5 Å². The van der Waals surface area contributed by atoms with Gasteiger partial charge in [0, 0.05) is 18.9 Å². The van der Waals surface area contributed by atoms with E-state index in [1.54, 1.807) is 19.2 Å². The van der Waals surface area contributed by atoms with Crippen LogP contribution < -0.4 is 0 Å². The lowest BCUT2D eigenvalue weighted by Crippen LogP contribution is -2.13. The zero-order valence-corrected chi connectivity index (χ0v) is 10.8. The Morgan fingerprint density at radius 3 is 2.83 bits per heavy atom. The average molecular weight is 244 g/mol. The second-order valence-electron chi connectivity index (χ2n) is 4.26. The predicted molar refractivity (Wildman–Crippen MR) is 67.5 cm³/mol. The van der Waals surface area contributed by atoms with Gasteiger partial charge in [0.25, 0.3) is 0 Å². The molecule has 2 heterocycles. The van der Waals surface area contributed by atoms with Crippen LogP contribution in [0, 0.1) is 13.8 Å². The normalized spacial score (nSPS) is 10.6. The van der Waals surface area contributed by atoms with Crippen LogP contribution in [0.2, 0.25) is 0 Å². The molecule has 2 rings (SSSR count). The SMILES string of the molecule is CCCn1ccnc1C(=O)c1cc(C)nnc1C. The molecule has 0 spiro atoms. The summed E-state index contributed by atoms with van der Waals surface area (Å²) >= 11 is 0. The molecule has 0 aliphatic carbocycles. The lowest BCUT2D eigenvalue weighted by Gasteiger charge is -2.07. The van der Waals surface area contributed by atoms with E-state index >= 15 is 0 Å². The van der Waals surface area contributed by atoms with Crippen molar-refractivity contribution < 1.29 is 4.79 Å². The van der Waals surface area contributed by atoms with Crippen molar-refractivity contribution in [2.24, 2.45) is 0 Å². The molecule has 5 heteroatoms. The largest absolute Gasteiger partial charge is 0.328 e. The fraction of sp³-hybridized carbons (Fsp3) is 0.385. The topological polar surface area (TPSA) is 60.7 Å². The first kappa shape index (κ1) is 12.4. The van der Waals surface area contributed by atoms with E-state index < -0.39 is 0 Å². The van der Waals surface area contributed by atoms with Gasteiger partial charge < -0.3 is 4.57 Å². The number of hydrogen-bond acceptors (Lipinski definition) is 4. The van der Waals surface area contributed by atoms with E-state index in [0.29, 0.717) is 17.1 Å². The van der Waals surface area contributed by atoms with Crippen LogP contribution in [0.15, 0.2) is 18.5 Å². The molecule has 0 N–H and O–H groups in total. The van der Waals surface area contributed by atoms with E-state index in [0.717, 1.165) is 18.7 Å². The summed E-state index contributed by atoms with van der Waals surface area (Å²) in [7, 11) is 0. The number of aromatic nitrogens is 4. The van der Waals surface area contributed by atoms with Crippen molar-refractivity contribution in [3.63, 3.8) is 0 Å². The molecule has 0 unspecified atom stereocenters. The Hall–Kier alpha value is -2.04. The Labute approximate surface area is 106 Å². The molecule has 0 aliphatic rings. The van der Waals surface area contributed by atoms with E-state index in [4.69, 9.17) is 0 Å². The Balaban J connectivity index is 2.41. The molecule has 5 nitrogen and oxygen atoms in total. The maximum Gasteiger partial charge on any atom is 0.230 e. The van der Waals surface area contributed by atoms with Gasteiger partial charge in [-0.25, -0.2) is 4.98 Å². The number of carbonyl (C=O) groups excluding carboxylic acids is 1. The molecule has 0 saturated heterocycles. The predicted octanol–water partition coefficient (Wildman–Crippen LogP) is 1.93. The molecule has 94 valence electrons. The van der Waals surface area contributed by atoms with Gasteiger partial charge in [-0.2, -0.15) is 10.2 Å². The summed E-state index contributed by atoms with van der Waals surface area (Å²) < 4.78 is 1.87. The Bertz CT molecular complexity index is 574. The lowest BCUT2D eigenvalue weighted by molar-refractivity contribution is 0.102. The fourth-order valence-corrected chi connectivity index (χ4v) is 1.84. The Morgan fingerprint density at radius 2 is 2.11 bits per heavy atom.